The molecule has 1 aromatic rings. The maximum Gasteiger partial charge on any atom is 0.241 e. The summed E-state index contributed by atoms with van der Waals surface area (Å²) in [7, 11) is 0. The van der Waals surface area contributed by atoms with Gasteiger partial charge in [0.15, 0.2) is 0 Å². The molecule has 1 aliphatic carbocycles. The molecule has 1 unspecified atom stereocenters. The van der Waals surface area contributed by atoms with Gasteiger partial charge in [-0.05, 0) is 38.0 Å². The summed E-state index contributed by atoms with van der Waals surface area (Å²) in [5.41, 5.74) is 0.505. The Labute approximate surface area is 116 Å². The van der Waals surface area contributed by atoms with Gasteiger partial charge in [-0.25, -0.2) is 4.39 Å². The first-order valence-corrected chi connectivity index (χ1v) is 5.96. The van der Waals surface area contributed by atoms with Gasteiger partial charge in [-0.2, -0.15) is 0 Å². The zero-order valence-electron chi connectivity index (χ0n) is 9.87. The van der Waals surface area contributed by atoms with Crippen LogP contribution in [0.25, 0.3) is 0 Å². The van der Waals surface area contributed by atoms with Crippen LogP contribution in [0.4, 0.5) is 10.1 Å². The van der Waals surface area contributed by atoms with Crippen LogP contribution in [0.1, 0.15) is 19.8 Å². The summed E-state index contributed by atoms with van der Waals surface area (Å²) >= 11 is 5.63. The number of hydrogen-bond acceptors (Lipinski definition) is 2. The number of anilines is 1. The quantitative estimate of drug-likeness (QED) is 0.896. The highest BCUT2D eigenvalue weighted by atomic mass is 35.5. The van der Waals surface area contributed by atoms with Gasteiger partial charge in [0.1, 0.15) is 5.82 Å². The molecule has 18 heavy (non-hydrogen) atoms. The van der Waals surface area contributed by atoms with E-state index in [4.69, 9.17) is 11.6 Å². The van der Waals surface area contributed by atoms with Crippen molar-refractivity contribution in [3.8, 4) is 0 Å². The van der Waals surface area contributed by atoms with E-state index in [0.717, 1.165) is 12.8 Å². The molecule has 1 atom stereocenters. The predicted octanol–water partition coefficient (Wildman–Crippen LogP) is 2.98. The standard InChI is InChI=1S/C12H14ClFN2O.ClH/c1-7(15-8-2-3-8)12(17)16-9-4-5-11(14)10(13)6-9;/h4-8,15H,2-3H2,1H3,(H,16,17);1H. The summed E-state index contributed by atoms with van der Waals surface area (Å²) in [5.74, 6) is -0.631. The average Bonchev–Trinajstić information content (AvgIpc) is 3.07. The molecule has 1 aliphatic rings. The highest BCUT2D eigenvalue weighted by molar-refractivity contribution is 6.31. The number of halogens is 3. The van der Waals surface area contributed by atoms with Crippen molar-refractivity contribution < 1.29 is 9.18 Å². The van der Waals surface area contributed by atoms with Crippen LogP contribution in [0.3, 0.4) is 0 Å². The topological polar surface area (TPSA) is 41.1 Å². The summed E-state index contributed by atoms with van der Waals surface area (Å²) in [6, 6.07) is 4.33. The molecule has 6 heteroatoms. The van der Waals surface area contributed by atoms with Crippen LogP contribution in [0.2, 0.25) is 5.02 Å². The van der Waals surface area contributed by atoms with Crippen molar-refractivity contribution in [1.29, 1.82) is 0 Å². The Bertz CT molecular complexity index is 438. The molecule has 0 saturated heterocycles. The van der Waals surface area contributed by atoms with Crippen LogP contribution in [0, 0.1) is 5.82 Å². The summed E-state index contributed by atoms with van der Waals surface area (Å²) in [5, 5.41) is 5.88. The van der Waals surface area contributed by atoms with Crippen LogP contribution < -0.4 is 10.6 Å². The monoisotopic (exact) mass is 292 g/mol. The van der Waals surface area contributed by atoms with Gasteiger partial charge in [-0.15, -0.1) is 12.4 Å². The fourth-order valence-electron chi connectivity index (χ4n) is 1.50. The maximum absolute atomic E-state index is 12.9. The van der Waals surface area contributed by atoms with E-state index in [2.05, 4.69) is 10.6 Å². The number of rotatable bonds is 4. The summed E-state index contributed by atoms with van der Waals surface area (Å²) in [4.78, 5) is 11.8. The molecule has 2 rings (SSSR count). The Kier molecular flexibility index (Phi) is 5.38. The molecule has 100 valence electrons. The molecule has 0 aliphatic heterocycles. The zero-order chi connectivity index (χ0) is 12.4. The number of benzene rings is 1. The van der Waals surface area contributed by atoms with Crippen molar-refractivity contribution in [1.82, 2.24) is 5.32 Å². The smallest absolute Gasteiger partial charge is 0.241 e. The van der Waals surface area contributed by atoms with Gasteiger partial charge in [0.05, 0.1) is 11.1 Å². The van der Waals surface area contributed by atoms with E-state index in [1.54, 1.807) is 6.92 Å². The Balaban J connectivity index is 0.00000162. The molecule has 2 N–H and O–H groups in total. The van der Waals surface area contributed by atoms with Crippen molar-refractivity contribution in [2.45, 2.75) is 31.8 Å². The summed E-state index contributed by atoms with van der Waals surface area (Å²) in [6.45, 7) is 1.80. The number of carbonyl (C=O) groups excluding carboxylic acids is 1. The first-order chi connectivity index (χ1) is 8.06. The molecular weight excluding hydrogens is 278 g/mol. The van der Waals surface area contributed by atoms with Gasteiger partial charge in [-0.3, -0.25) is 4.79 Å². The lowest BCUT2D eigenvalue weighted by Gasteiger charge is -2.13. The SMILES string of the molecule is CC(NC1CC1)C(=O)Nc1ccc(F)c(Cl)c1.Cl. The molecule has 3 nitrogen and oxygen atoms in total. The third-order valence-corrected chi connectivity index (χ3v) is 2.93. The van der Waals surface area contributed by atoms with E-state index in [1.165, 1.54) is 18.2 Å². The lowest BCUT2D eigenvalue weighted by atomic mass is 10.2. The van der Waals surface area contributed by atoms with E-state index in [-0.39, 0.29) is 29.4 Å². The number of carbonyl (C=O) groups is 1. The van der Waals surface area contributed by atoms with E-state index in [0.29, 0.717) is 11.7 Å². The molecule has 0 aromatic heterocycles. The minimum Gasteiger partial charge on any atom is -0.325 e. The minimum atomic E-state index is -0.492. The van der Waals surface area contributed by atoms with Gasteiger partial charge in [0.2, 0.25) is 5.91 Å². The number of nitrogens with one attached hydrogen (secondary N) is 2. The second-order valence-electron chi connectivity index (χ2n) is 4.28. The number of hydrogen-bond donors (Lipinski definition) is 2. The van der Waals surface area contributed by atoms with E-state index < -0.39 is 5.82 Å². The fourth-order valence-corrected chi connectivity index (χ4v) is 1.68. The van der Waals surface area contributed by atoms with Crippen LogP contribution >= 0.6 is 24.0 Å². The zero-order valence-corrected chi connectivity index (χ0v) is 11.4. The molecular formula is C12H15Cl2FN2O. The first kappa shape index (κ1) is 15.2. The van der Waals surface area contributed by atoms with Crippen molar-refractivity contribution in [2.75, 3.05) is 5.32 Å². The first-order valence-electron chi connectivity index (χ1n) is 5.58. The van der Waals surface area contributed by atoms with Crippen LogP contribution in [-0.4, -0.2) is 18.0 Å². The molecule has 1 fully saturated rings. The number of amides is 1. The average molecular weight is 293 g/mol. The van der Waals surface area contributed by atoms with Crippen molar-refractivity contribution >= 4 is 35.6 Å². The predicted molar refractivity (Wildman–Crippen MR) is 72.9 cm³/mol. The Morgan fingerprint density at radius 1 is 1.50 bits per heavy atom. The highest BCUT2D eigenvalue weighted by Crippen LogP contribution is 2.21. The van der Waals surface area contributed by atoms with Gasteiger partial charge < -0.3 is 10.6 Å². The van der Waals surface area contributed by atoms with Crippen LogP contribution in [0.15, 0.2) is 18.2 Å². The second kappa shape index (κ2) is 6.36. The second-order valence-corrected chi connectivity index (χ2v) is 4.69. The lowest BCUT2D eigenvalue weighted by Crippen LogP contribution is -2.39. The van der Waals surface area contributed by atoms with Gasteiger partial charge in [0.25, 0.3) is 0 Å². The van der Waals surface area contributed by atoms with Gasteiger partial charge in [-0.1, -0.05) is 11.6 Å². The lowest BCUT2D eigenvalue weighted by molar-refractivity contribution is -0.117. The third kappa shape index (κ3) is 4.12. The summed E-state index contributed by atoms with van der Waals surface area (Å²) in [6.07, 6.45) is 2.25. The maximum atomic E-state index is 12.9. The van der Waals surface area contributed by atoms with Crippen LogP contribution in [0.5, 0.6) is 0 Å². The van der Waals surface area contributed by atoms with Crippen LogP contribution in [-0.2, 0) is 4.79 Å². The Hall–Kier alpha value is -0.840. The molecule has 0 spiro atoms. The molecule has 1 aromatic carbocycles. The largest absolute Gasteiger partial charge is 0.325 e. The Morgan fingerprint density at radius 3 is 2.72 bits per heavy atom. The molecule has 1 saturated carbocycles. The van der Waals surface area contributed by atoms with E-state index >= 15 is 0 Å². The molecule has 0 bridgehead atoms. The highest BCUT2D eigenvalue weighted by Gasteiger charge is 2.25. The molecule has 0 radical (unpaired) electrons. The van der Waals surface area contributed by atoms with Crippen molar-refractivity contribution in [3.63, 3.8) is 0 Å². The van der Waals surface area contributed by atoms with E-state index in [1.807, 2.05) is 0 Å². The third-order valence-electron chi connectivity index (χ3n) is 2.64. The summed E-state index contributed by atoms with van der Waals surface area (Å²) < 4.78 is 12.9. The van der Waals surface area contributed by atoms with Crippen molar-refractivity contribution in [2.24, 2.45) is 0 Å². The van der Waals surface area contributed by atoms with E-state index in [9.17, 15) is 9.18 Å². The van der Waals surface area contributed by atoms with Crippen molar-refractivity contribution in [3.05, 3.63) is 29.0 Å². The molecule has 1 amide bonds. The normalized spacial score (nSPS) is 15.7. The van der Waals surface area contributed by atoms with Gasteiger partial charge >= 0.3 is 0 Å². The fraction of sp³-hybridized carbons (Fsp3) is 0.417. The minimum absolute atomic E-state index is 0. The Morgan fingerprint density at radius 2 is 2.17 bits per heavy atom. The van der Waals surface area contributed by atoms with Gasteiger partial charge in [0, 0.05) is 11.7 Å². The molecule has 0 heterocycles.